The number of amides is 2. The molecule has 0 radical (unpaired) electrons. The number of urea groups is 1. The van der Waals surface area contributed by atoms with E-state index in [-0.39, 0.29) is 12.1 Å². The molecule has 0 saturated heterocycles. The second-order valence-electron chi connectivity index (χ2n) is 4.48. The number of rotatable bonds is 4. The Morgan fingerprint density at radius 1 is 1.33 bits per heavy atom. The Bertz CT molecular complexity index is 421. The van der Waals surface area contributed by atoms with E-state index in [4.69, 9.17) is 16.3 Å². The first-order chi connectivity index (χ1) is 8.43. The third kappa shape index (κ3) is 4.11. The molecule has 0 aliphatic carbocycles. The molecular weight excluding hydrogens is 252 g/mol. The van der Waals surface area contributed by atoms with Crippen molar-refractivity contribution in [3.63, 3.8) is 0 Å². The van der Waals surface area contributed by atoms with Crippen molar-refractivity contribution in [3.8, 4) is 5.75 Å². The summed E-state index contributed by atoms with van der Waals surface area (Å²) in [6.07, 6.45) is 0. The fourth-order valence-corrected chi connectivity index (χ4v) is 1.54. The SMILES string of the molecule is COc1ccc(NC(=O)NC(C)C(C)C)cc1Cl. The molecule has 2 N–H and O–H groups in total. The largest absolute Gasteiger partial charge is 0.495 e. The van der Waals surface area contributed by atoms with Crippen LogP contribution in [0.3, 0.4) is 0 Å². The van der Waals surface area contributed by atoms with Crippen LogP contribution < -0.4 is 15.4 Å². The Morgan fingerprint density at radius 2 is 2.00 bits per heavy atom. The summed E-state index contributed by atoms with van der Waals surface area (Å²) in [5.41, 5.74) is 0.634. The van der Waals surface area contributed by atoms with Crippen LogP contribution in [0.1, 0.15) is 20.8 Å². The Morgan fingerprint density at radius 3 is 2.50 bits per heavy atom. The summed E-state index contributed by atoms with van der Waals surface area (Å²) in [7, 11) is 1.55. The van der Waals surface area contributed by atoms with Crippen LogP contribution in [0.5, 0.6) is 5.75 Å². The van der Waals surface area contributed by atoms with Crippen molar-refractivity contribution in [2.45, 2.75) is 26.8 Å². The number of hydrogen-bond donors (Lipinski definition) is 2. The van der Waals surface area contributed by atoms with Gasteiger partial charge in [0.15, 0.2) is 0 Å². The standard InChI is InChI=1S/C13H19ClN2O2/c1-8(2)9(3)15-13(17)16-10-5-6-12(18-4)11(14)7-10/h5-9H,1-4H3,(H2,15,16,17). The average molecular weight is 271 g/mol. The van der Waals surface area contributed by atoms with E-state index < -0.39 is 0 Å². The normalized spacial score (nSPS) is 12.1. The van der Waals surface area contributed by atoms with E-state index in [9.17, 15) is 4.79 Å². The minimum Gasteiger partial charge on any atom is -0.495 e. The number of nitrogens with one attached hydrogen (secondary N) is 2. The van der Waals surface area contributed by atoms with Crippen LogP contribution >= 0.6 is 11.6 Å². The molecule has 0 bridgehead atoms. The molecule has 1 rings (SSSR count). The van der Waals surface area contributed by atoms with Crippen molar-refractivity contribution in [1.29, 1.82) is 0 Å². The van der Waals surface area contributed by atoms with E-state index in [2.05, 4.69) is 24.5 Å². The molecule has 1 aromatic rings. The van der Waals surface area contributed by atoms with Gasteiger partial charge in [0, 0.05) is 11.7 Å². The minimum absolute atomic E-state index is 0.110. The maximum atomic E-state index is 11.7. The molecule has 0 fully saturated rings. The molecule has 2 amide bonds. The Labute approximate surface area is 113 Å². The number of halogens is 1. The van der Waals surface area contributed by atoms with Crippen molar-refractivity contribution >= 4 is 23.3 Å². The average Bonchev–Trinajstić information content (AvgIpc) is 2.28. The van der Waals surface area contributed by atoms with Crippen molar-refractivity contribution in [1.82, 2.24) is 5.32 Å². The third-order valence-corrected chi connectivity index (χ3v) is 3.06. The predicted octanol–water partition coefficient (Wildman–Crippen LogP) is 3.51. The molecule has 4 nitrogen and oxygen atoms in total. The smallest absolute Gasteiger partial charge is 0.319 e. The molecule has 0 aliphatic rings. The summed E-state index contributed by atoms with van der Waals surface area (Å²) in [4.78, 5) is 11.7. The van der Waals surface area contributed by atoms with Crippen molar-refractivity contribution in [2.24, 2.45) is 5.92 Å². The van der Waals surface area contributed by atoms with Gasteiger partial charge in [0.2, 0.25) is 0 Å². The zero-order valence-electron chi connectivity index (χ0n) is 11.1. The lowest BCUT2D eigenvalue weighted by atomic mass is 10.1. The van der Waals surface area contributed by atoms with E-state index in [1.807, 2.05) is 6.92 Å². The van der Waals surface area contributed by atoms with Crippen molar-refractivity contribution in [2.75, 3.05) is 12.4 Å². The Hall–Kier alpha value is -1.42. The number of methoxy groups -OCH3 is 1. The lowest BCUT2D eigenvalue weighted by Crippen LogP contribution is -2.38. The van der Waals surface area contributed by atoms with Gasteiger partial charge in [-0.3, -0.25) is 0 Å². The van der Waals surface area contributed by atoms with Crippen LogP contribution in [0.2, 0.25) is 5.02 Å². The van der Waals surface area contributed by atoms with E-state index >= 15 is 0 Å². The summed E-state index contributed by atoms with van der Waals surface area (Å²) in [6, 6.07) is 4.98. The molecule has 0 saturated carbocycles. The van der Waals surface area contributed by atoms with Gasteiger partial charge in [-0.05, 0) is 31.0 Å². The first-order valence-corrected chi connectivity index (χ1v) is 6.23. The summed E-state index contributed by atoms with van der Waals surface area (Å²) in [5, 5.41) is 6.05. The second-order valence-corrected chi connectivity index (χ2v) is 4.89. The quantitative estimate of drug-likeness (QED) is 0.880. The molecule has 0 heterocycles. The first kappa shape index (κ1) is 14.6. The number of hydrogen-bond acceptors (Lipinski definition) is 2. The first-order valence-electron chi connectivity index (χ1n) is 5.85. The molecule has 1 unspecified atom stereocenters. The number of carbonyl (C=O) groups is 1. The summed E-state index contributed by atoms with van der Waals surface area (Å²) in [6.45, 7) is 6.07. The molecule has 18 heavy (non-hydrogen) atoms. The number of anilines is 1. The number of carbonyl (C=O) groups excluding carboxylic acids is 1. The maximum Gasteiger partial charge on any atom is 0.319 e. The maximum absolute atomic E-state index is 11.7. The number of benzene rings is 1. The van der Waals surface area contributed by atoms with Crippen LogP contribution in [0.25, 0.3) is 0 Å². The summed E-state index contributed by atoms with van der Waals surface area (Å²) < 4.78 is 5.04. The van der Waals surface area contributed by atoms with Crippen molar-refractivity contribution < 1.29 is 9.53 Å². The lowest BCUT2D eigenvalue weighted by Gasteiger charge is -2.18. The van der Waals surface area contributed by atoms with Gasteiger partial charge in [-0.15, -0.1) is 0 Å². The molecule has 100 valence electrons. The molecule has 1 atom stereocenters. The zero-order valence-corrected chi connectivity index (χ0v) is 11.8. The highest BCUT2D eigenvalue weighted by molar-refractivity contribution is 6.32. The molecular formula is C13H19ClN2O2. The van der Waals surface area contributed by atoms with Gasteiger partial charge < -0.3 is 15.4 Å². The summed E-state index contributed by atoms with van der Waals surface area (Å²) >= 11 is 5.97. The topological polar surface area (TPSA) is 50.4 Å². The van der Waals surface area contributed by atoms with Gasteiger partial charge in [-0.2, -0.15) is 0 Å². The van der Waals surface area contributed by atoms with Gasteiger partial charge in [0.1, 0.15) is 5.75 Å². The highest BCUT2D eigenvalue weighted by Crippen LogP contribution is 2.27. The zero-order chi connectivity index (χ0) is 13.7. The molecule has 1 aromatic carbocycles. The van der Waals surface area contributed by atoms with E-state index in [1.165, 1.54) is 0 Å². The molecule has 0 spiro atoms. The van der Waals surface area contributed by atoms with E-state index in [0.29, 0.717) is 22.4 Å². The van der Waals surface area contributed by atoms with Gasteiger partial charge in [-0.25, -0.2) is 4.79 Å². The van der Waals surface area contributed by atoms with Crippen LogP contribution in [0, 0.1) is 5.92 Å². The van der Waals surface area contributed by atoms with Gasteiger partial charge >= 0.3 is 6.03 Å². The van der Waals surface area contributed by atoms with Gasteiger partial charge in [0.05, 0.1) is 12.1 Å². The van der Waals surface area contributed by atoms with Crippen LogP contribution in [0.15, 0.2) is 18.2 Å². The van der Waals surface area contributed by atoms with E-state index in [1.54, 1.807) is 25.3 Å². The lowest BCUT2D eigenvalue weighted by molar-refractivity contribution is 0.246. The minimum atomic E-state index is -0.238. The van der Waals surface area contributed by atoms with Gasteiger partial charge in [-0.1, -0.05) is 25.4 Å². The monoisotopic (exact) mass is 270 g/mol. The number of ether oxygens (including phenoxy) is 1. The Kier molecular flexibility index (Phi) is 5.28. The van der Waals surface area contributed by atoms with Crippen LogP contribution in [-0.4, -0.2) is 19.2 Å². The molecule has 0 aliphatic heterocycles. The highest BCUT2D eigenvalue weighted by Gasteiger charge is 2.11. The fraction of sp³-hybridized carbons (Fsp3) is 0.462. The Balaban J connectivity index is 2.62. The third-order valence-electron chi connectivity index (χ3n) is 2.77. The molecule has 0 aromatic heterocycles. The van der Waals surface area contributed by atoms with Crippen molar-refractivity contribution in [3.05, 3.63) is 23.2 Å². The predicted molar refractivity (Wildman–Crippen MR) is 74.5 cm³/mol. The van der Waals surface area contributed by atoms with Crippen LogP contribution in [0.4, 0.5) is 10.5 Å². The second kappa shape index (κ2) is 6.50. The summed E-state index contributed by atoms with van der Waals surface area (Å²) in [5.74, 6) is 0.966. The molecule has 5 heteroatoms. The fourth-order valence-electron chi connectivity index (χ4n) is 1.28. The van der Waals surface area contributed by atoms with E-state index in [0.717, 1.165) is 0 Å². The van der Waals surface area contributed by atoms with Crippen LogP contribution in [-0.2, 0) is 0 Å². The van der Waals surface area contributed by atoms with Gasteiger partial charge in [0.25, 0.3) is 0 Å². The highest BCUT2D eigenvalue weighted by atomic mass is 35.5.